The zero-order valence-corrected chi connectivity index (χ0v) is 10.4. The highest BCUT2D eigenvalue weighted by Crippen LogP contribution is 2.18. The maximum absolute atomic E-state index is 12.4. The Morgan fingerprint density at radius 2 is 2.00 bits per heavy atom. The Kier molecular flexibility index (Phi) is 2.84. The number of fused-ring (bicyclic) bond motifs is 1. The van der Waals surface area contributed by atoms with Crippen molar-refractivity contribution in [2.75, 3.05) is 13.1 Å². The molecular weight excluding hydrogens is 234 g/mol. The van der Waals surface area contributed by atoms with Crippen molar-refractivity contribution in [3.05, 3.63) is 23.5 Å². The van der Waals surface area contributed by atoms with Gasteiger partial charge in [-0.15, -0.1) is 11.3 Å². The van der Waals surface area contributed by atoms with Crippen LogP contribution in [-0.2, 0) is 0 Å². The van der Waals surface area contributed by atoms with Crippen molar-refractivity contribution in [3.63, 3.8) is 0 Å². The molecule has 1 aliphatic heterocycles. The molecule has 1 saturated heterocycles. The number of nitrogens with zero attached hydrogens (tertiary/aromatic N) is 3. The molecule has 1 amide bonds. The highest BCUT2D eigenvalue weighted by molar-refractivity contribution is 7.15. The van der Waals surface area contributed by atoms with Crippen molar-refractivity contribution in [1.29, 1.82) is 0 Å². The van der Waals surface area contributed by atoms with Crippen LogP contribution in [0.3, 0.4) is 0 Å². The van der Waals surface area contributed by atoms with Crippen LogP contribution >= 0.6 is 11.3 Å². The van der Waals surface area contributed by atoms with Crippen LogP contribution in [-0.4, -0.2) is 33.3 Å². The standard InChI is InChI=1S/C12H15N3OS/c16-11(14-6-3-1-2-4-7-14)10-9-17-12-13-5-8-15(10)12/h5,8-9H,1-4,6-7H2. The van der Waals surface area contributed by atoms with Crippen LogP contribution in [0.5, 0.6) is 0 Å². The van der Waals surface area contributed by atoms with Gasteiger partial charge in [-0.1, -0.05) is 12.8 Å². The Morgan fingerprint density at radius 3 is 2.76 bits per heavy atom. The number of imidazole rings is 1. The topological polar surface area (TPSA) is 37.6 Å². The van der Waals surface area contributed by atoms with E-state index < -0.39 is 0 Å². The van der Waals surface area contributed by atoms with Gasteiger partial charge >= 0.3 is 0 Å². The molecule has 0 atom stereocenters. The number of carbonyl (C=O) groups excluding carboxylic acids is 1. The number of hydrogen-bond donors (Lipinski definition) is 0. The van der Waals surface area contributed by atoms with Crippen molar-refractivity contribution in [1.82, 2.24) is 14.3 Å². The fourth-order valence-corrected chi connectivity index (χ4v) is 3.14. The minimum Gasteiger partial charge on any atom is -0.337 e. The third-order valence-electron chi connectivity index (χ3n) is 3.25. The van der Waals surface area contributed by atoms with E-state index in [1.54, 1.807) is 6.20 Å². The molecule has 0 bridgehead atoms. The van der Waals surface area contributed by atoms with Gasteiger partial charge in [-0.25, -0.2) is 4.98 Å². The van der Waals surface area contributed by atoms with Gasteiger partial charge in [0, 0.05) is 30.9 Å². The van der Waals surface area contributed by atoms with Gasteiger partial charge in [0.1, 0.15) is 5.69 Å². The first-order chi connectivity index (χ1) is 8.36. The average Bonchev–Trinajstić information content (AvgIpc) is 2.82. The van der Waals surface area contributed by atoms with Crippen molar-refractivity contribution < 1.29 is 4.79 Å². The largest absolute Gasteiger partial charge is 0.337 e. The van der Waals surface area contributed by atoms with E-state index in [2.05, 4.69) is 4.98 Å². The van der Waals surface area contributed by atoms with E-state index in [0.717, 1.165) is 36.6 Å². The lowest BCUT2D eigenvalue weighted by Gasteiger charge is -2.19. The van der Waals surface area contributed by atoms with Crippen LogP contribution in [0.4, 0.5) is 0 Å². The number of likely N-dealkylation sites (tertiary alicyclic amines) is 1. The fourth-order valence-electron chi connectivity index (χ4n) is 2.31. The monoisotopic (exact) mass is 249 g/mol. The highest BCUT2D eigenvalue weighted by Gasteiger charge is 2.20. The van der Waals surface area contributed by atoms with Crippen LogP contribution in [0, 0.1) is 0 Å². The van der Waals surface area contributed by atoms with Gasteiger partial charge in [0.15, 0.2) is 4.96 Å². The summed E-state index contributed by atoms with van der Waals surface area (Å²) in [5, 5.41) is 1.91. The Balaban J connectivity index is 1.88. The highest BCUT2D eigenvalue weighted by atomic mass is 32.1. The summed E-state index contributed by atoms with van der Waals surface area (Å²) in [4.78, 5) is 19.5. The predicted molar refractivity (Wildman–Crippen MR) is 67.4 cm³/mol. The maximum Gasteiger partial charge on any atom is 0.271 e. The Labute approximate surface area is 104 Å². The number of amides is 1. The number of rotatable bonds is 1. The molecule has 3 rings (SSSR count). The van der Waals surface area contributed by atoms with Gasteiger partial charge in [-0.05, 0) is 12.8 Å². The molecule has 1 aliphatic rings. The maximum atomic E-state index is 12.4. The number of thiazole rings is 1. The van der Waals surface area contributed by atoms with Crippen molar-refractivity contribution >= 4 is 22.2 Å². The van der Waals surface area contributed by atoms with Crippen LogP contribution in [0.2, 0.25) is 0 Å². The predicted octanol–water partition coefficient (Wildman–Crippen LogP) is 2.41. The summed E-state index contributed by atoms with van der Waals surface area (Å²) < 4.78 is 1.89. The molecule has 90 valence electrons. The molecule has 0 radical (unpaired) electrons. The van der Waals surface area contributed by atoms with Gasteiger partial charge in [-0.2, -0.15) is 0 Å². The number of hydrogen-bond acceptors (Lipinski definition) is 3. The molecule has 0 aromatic carbocycles. The van der Waals surface area contributed by atoms with E-state index in [9.17, 15) is 4.79 Å². The first-order valence-electron chi connectivity index (χ1n) is 6.06. The van der Waals surface area contributed by atoms with E-state index in [-0.39, 0.29) is 5.91 Å². The first-order valence-corrected chi connectivity index (χ1v) is 6.94. The van der Waals surface area contributed by atoms with Crippen LogP contribution < -0.4 is 0 Å². The summed E-state index contributed by atoms with van der Waals surface area (Å²) >= 11 is 1.52. The Bertz CT molecular complexity index is 523. The van der Waals surface area contributed by atoms with Gasteiger partial charge in [0.05, 0.1) is 0 Å². The van der Waals surface area contributed by atoms with E-state index >= 15 is 0 Å². The second-order valence-corrected chi connectivity index (χ2v) is 5.24. The van der Waals surface area contributed by atoms with Crippen LogP contribution in [0.25, 0.3) is 4.96 Å². The van der Waals surface area contributed by atoms with Crippen molar-refractivity contribution in [2.45, 2.75) is 25.7 Å². The SMILES string of the molecule is O=C(c1csc2nccn12)N1CCCCCC1. The van der Waals surface area contributed by atoms with Gasteiger partial charge < -0.3 is 4.90 Å². The molecule has 1 fully saturated rings. The molecule has 5 heteroatoms. The second-order valence-electron chi connectivity index (χ2n) is 4.41. The molecule has 2 aromatic heterocycles. The minimum atomic E-state index is 0.149. The van der Waals surface area contributed by atoms with Crippen LogP contribution in [0.15, 0.2) is 17.8 Å². The molecule has 0 N–H and O–H groups in total. The van der Waals surface area contributed by atoms with Gasteiger partial charge in [-0.3, -0.25) is 9.20 Å². The lowest BCUT2D eigenvalue weighted by Crippen LogP contribution is -2.32. The zero-order chi connectivity index (χ0) is 11.7. The van der Waals surface area contributed by atoms with Crippen LogP contribution in [0.1, 0.15) is 36.2 Å². The summed E-state index contributed by atoms with van der Waals surface area (Å²) in [6.45, 7) is 1.79. The van der Waals surface area contributed by atoms with Crippen molar-refractivity contribution in [3.8, 4) is 0 Å². The molecule has 0 unspecified atom stereocenters. The molecule has 0 saturated carbocycles. The lowest BCUT2D eigenvalue weighted by atomic mass is 10.2. The molecule has 0 spiro atoms. The van der Waals surface area contributed by atoms with E-state index in [0.29, 0.717) is 0 Å². The molecule has 17 heavy (non-hydrogen) atoms. The Morgan fingerprint density at radius 1 is 1.24 bits per heavy atom. The summed E-state index contributed by atoms with van der Waals surface area (Å²) in [7, 11) is 0. The summed E-state index contributed by atoms with van der Waals surface area (Å²) in [5.41, 5.74) is 0.754. The zero-order valence-electron chi connectivity index (χ0n) is 9.63. The van der Waals surface area contributed by atoms with E-state index in [1.807, 2.05) is 20.9 Å². The fraction of sp³-hybridized carbons (Fsp3) is 0.500. The van der Waals surface area contributed by atoms with Crippen molar-refractivity contribution in [2.24, 2.45) is 0 Å². The average molecular weight is 249 g/mol. The van der Waals surface area contributed by atoms with Gasteiger partial charge in [0.25, 0.3) is 5.91 Å². The van der Waals surface area contributed by atoms with Gasteiger partial charge in [0.2, 0.25) is 0 Å². The quantitative estimate of drug-likeness (QED) is 0.778. The third kappa shape index (κ3) is 1.95. The molecule has 0 aliphatic carbocycles. The third-order valence-corrected chi connectivity index (χ3v) is 4.11. The van der Waals surface area contributed by atoms with E-state index in [4.69, 9.17) is 0 Å². The first kappa shape index (κ1) is 10.8. The minimum absolute atomic E-state index is 0.149. The molecular formula is C12H15N3OS. The molecule has 2 aromatic rings. The Hall–Kier alpha value is -1.36. The smallest absolute Gasteiger partial charge is 0.271 e. The van der Waals surface area contributed by atoms with E-state index in [1.165, 1.54) is 24.2 Å². The number of carbonyl (C=O) groups is 1. The summed E-state index contributed by atoms with van der Waals surface area (Å²) in [5.74, 6) is 0.149. The molecule has 3 heterocycles. The molecule has 4 nitrogen and oxygen atoms in total. The summed E-state index contributed by atoms with van der Waals surface area (Å²) in [6.07, 6.45) is 8.34. The lowest BCUT2D eigenvalue weighted by molar-refractivity contribution is 0.0755. The summed E-state index contributed by atoms with van der Waals surface area (Å²) in [6, 6.07) is 0. The number of aromatic nitrogens is 2. The normalized spacial score (nSPS) is 17.3. The second kappa shape index (κ2) is 4.49.